The molecule has 2 aromatic carbocycles. The number of carbonyl (C=O) groups is 1. The van der Waals surface area contributed by atoms with E-state index >= 15 is 0 Å². The van der Waals surface area contributed by atoms with E-state index in [-0.39, 0.29) is 22.8 Å². The van der Waals surface area contributed by atoms with Crippen molar-refractivity contribution in [2.24, 2.45) is 5.92 Å². The smallest absolute Gasteiger partial charge is 0.262 e. The quantitative estimate of drug-likeness (QED) is 0.782. The van der Waals surface area contributed by atoms with Crippen molar-refractivity contribution < 1.29 is 22.7 Å². The lowest BCUT2D eigenvalue weighted by Gasteiger charge is -2.22. The van der Waals surface area contributed by atoms with Gasteiger partial charge in [0.1, 0.15) is 11.5 Å². The van der Waals surface area contributed by atoms with Crippen LogP contribution in [0.5, 0.6) is 11.5 Å². The molecule has 0 bridgehead atoms. The topological polar surface area (TPSA) is 84.9 Å². The van der Waals surface area contributed by atoms with Crippen molar-refractivity contribution in [1.82, 2.24) is 0 Å². The number of benzene rings is 2. The number of hydrogen-bond acceptors (Lipinski definition) is 5. The summed E-state index contributed by atoms with van der Waals surface area (Å²) < 4.78 is 39.0. The number of sulfonamides is 1. The second-order valence-electron chi connectivity index (χ2n) is 7.50. The number of hydrogen-bond donors (Lipinski definition) is 1. The van der Waals surface area contributed by atoms with Gasteiger partial charge in [0, 0.05) is 23.7 Å². The Kier molecular flexibility index (Phi) is 4.90. The van der Waals surface area contributed by atoms with Gasteiger partial charge < -0.3 is 14.4 Å². The number of nitrogens with zero attached hydrogens (tertiary/aromatic N) is 1. The number of ether oxygens (including phenoxy) is 2. The minimum Gasteiger partial charge on any atom is -0.497 e. The number of carbonyl (C=O) groups excluding carboxylic acids is 1. The Morgan fingerprint density at radius 3 is 2.52 bits per heavy atom. The number of nitrogens with one attached hydrogen (secondary N) is 1. The van der Waals surface area contributed by atoms with Crippen LogP contribution in [0.2, 0.25) is 0 Å². The van der Waals surface area contributed by atoms with E-state index in [9.17, 15) is 13.2 Å². The Morgan fingerprint density at radius 2 is 1.86 bits per heavy atom. The molecule has 1 aliphatic heterocycles. The summed E-state index contributed by atoms with van der Waals surface area (Å²) in [5, 5.41) is 0. The molecule has 1 saturated carbocycles. The van der Waals surface area contributed by atoms with Crippen LogP contribution >= 0.6 is 0 Å². The molecule has 0 aromatic heterocycles. The maximum Gasteiger partial charge on any atom is 0.262 e. The summed E-state index contributed by atoms with van der Waals surface area (Å²) in [6, 6.07) is 9.86. The van der Waals surface area contributed by atoms with Crippen LogP contribution in [-0.2, 0) is 21.2 Å². The molecule has 0 unspecified atom stereocenters. The molecule has 1 fully saturated rings. The van der Waals surface area contributed by atoms with Crippen LogP contribution in [0.4, 0.5) is 11.4 Å². The first-order valence-corrected chi connectivity index (χ1v) is 11.0. The van der Waals surface area contributed by atoms with E-state index in [2.05, 4.69) is 4.72 Å². The zero-order valence-corrected chi connectivity index (χ0v) is 17.5. The number of amides is 1. The predicted molar refractivity (Wildman–Crippen MR) is 110 cm³/mol. The van der Waals surface area contributed by atoms with E-state index in [1.54, 1.807) is 36.4 Å². The highest BCUT2D eigenvalue weighted by Gasteiger charge is 2.39. The molecule has 0 radical (unpaired) electrons. The maximum absolute atomic E-state index is 13.0. The van der Waals surface area contributed by atoms with E-state index in [0.717, 1.165) is 24.1 Å². The van der Waals surface area contributed by atoms with Crippen LogP contribution in [0.15, 0.2) is 41.3 Å². The minimum atomic E-state index is -3.84. The molecule has 1 N–H and O–H groups in total. The monoisotopic (exact) mass is 416 g/mol. The Balaban J connectivity index is 1.64. The van der Waals surface area contributed by atoms with Crippen molar-refractivity contribution in [2.75, 3.05) is 23.8 Å². The molecule has 8 heteroatoms. The third-order valence-electron chi connectivity index (χ3n) is 5.39. The first-order chi connectivity index (χ1) is 13.8. The molecule has 2 aromatic rings. The highest BCUT2D eigenvalue weighted by Crippen LogP contribution is 2.40. The minimum absolute atomic E-state index is 0.0301. The molecule has 1 atom stereocenters. The molecule has 0 spiro atoms. The highest BCUT2D eigenvalue weighted by atomic mass is 32.2. The third kappa shape index (κ3) is 3.64. The van der Waals surface area contributed by atoms with Gasteiger partial charge in [-0.25, -0.2) is 8.42 Å². The summed E-state index contributed by atoms with van der Waals surface area (Å²) >= 11 is 0. The Morgan fingerprint density at radius 1 is 1.10 bits per heavy atom. The van der Waals surface area contributed by atoms with Gasteiger partial charge in [0.05, 0.1) is 24.8 Å². The van der Waals surface area contributed by atoms with Gasteiger partial charge in [-0.3, -0.25) is 9.52 Å². The van der Waals surface area contributed by atoms with Gasteiger partial charge in [-0.2, -0.15) is 0 Å². The largest absolute Gasteiger partial charge is 0.497 e. The van der Waals surface area contributed by atoms with Crippen LogP contribution < -0.4 is 19.1 Å². The summed E-state index contributed by atoms with van der Waals surface area (Å²) in [6.07, 6.45) is 2.52. The van der Waals surface area contributed by atoms with Gasteiger partial charge in [-0.1, -0.05) is 0 Å². The average Bonchev–Trinajstić information content (AvgIpc) is 3.49. The number of fused-ring (bicyclic) bond motifs is 1. The van der Waals surface area contributed by atoms with E-state index in [4.69, 9.17) is 9.47 Å². The van der Waals surface area contributed by atoms with Gasteiger partial charge in [-0.05, 0) is 62.1 Å². The van der Waals surface area contributed by atoms with Crippen LogP contribution in [0.3, 0.4) is 0 Å². The molecule has 0 saturated heterocycles. The van der Waals surface area contributed by atoms with Gasteiger partial charge in [0.2, 0.25) is 5.91 Å². The first kappa shape index (κ1) is 19.6. The average molecular weight is 416 g/mol. The Hall–Kier alpha value is -2.74. The highest BCUT2D eigenvalue weighted by molar-refractivity contribution is 7.92. The summed E-state index contributed by atoms with van der Waals surface area (Å²) in [6.45, 7) is 1.99. The van der Waals surface area contributed by atoms with E-state index in [1.165, 1.54) is 14.2 Å². The fourth-order valence-electron chi connectivity index (χ4n) is 3.73. The second-order valence-corrected chi connectivity index (χ2v) is 9.18. The molecule has 1 aliphatic carbocycles. The zero-order valence-electron chi connectivity index (χ0n) is 16.6. The SMILES string of the molecule is COc1ccc(OC)c(NS(=O)(=O)c2ccc3c(c2)C[C@H](C)N3C(=O)C2CC2)c1. The normalized spacial score (nSPS) is 18.3. The molecule has 7 nitrogen and oxygen atoms in total. The van der Waals surface area contributed by atoms with Crippen molar-refractivity contribution in [2.45, 2.75) is 37.1 Å². The maximum atomic E-state index is 13.0. The summed E-state index contributed by atoms with van der Waals surface area (Å²) in [5.74, 6) is 1.17. The Labute approximate surface area is 170 Å². The van der Waals surface area contributed by atoms with Crippen molar-refractivity contribution in [3.05, 3.63) is 42.0 Å². The molecule has 1 amide bonds. The standard InChI is InChI=1S/C21H24N2O5S/c1-13-10-15-11-17(7-8-19(15)23(13)21(24)14-4-5-14)29(25,26)22-18-12-16(27-2)6-9-20(18)28-3/h6-9,11-14,22H,4-5,10H2,1-3H3/t13-/m0/s1. The van der Waals surface area contributed by atoms with Crippen molar-refractivity contribution in [3.63, 3.8) is 0 Å². The summed E-state index contributed by atoms with van der Waals surface area (Å²) in [5.41, 5.74) is 1.98. The first-order valence-electron chi connectivity index (χ1n) is 9.55. The van der Waals surface area contributed by atoms with Crippen molar-refractivity contribution in [1.29, 1.82) is 0 Å². The van der Waals surface area contributed by atoms with Crippen molar-refractivity contribution >= 4 is 27.3 Å². The van der Waals surface area contributed by atoms with Gasteiger partial charge in [0.25, 0.3) is 10.0 Å². The fraction of sp³-hybridized carbons (Fsp3) is 0.381. The zero-order chi connectivity index (χ0) is 20.8. The van der Waals surface area contributed by atoms with Crippen LogP contribution in [0.25, 0.3) is 0 Å². The lowest BCUT2D eigenvalue weighted by molar-refractivity contribution is -0.120. The number of methoxy groups -OCH3 is 2. The summed E-state index contributed by atoms with van der Waals surface area (Å²) in [7, 11) is -0.856. The lowest BCUT2D eigenvalue weighted by Crippen LogP contribution is -2.36. The Bertz CT molecular complexity index is 1060. The summed E-state index contributed by atoms with van der Waals surface area (Å²) in [4.78, 5) is 14.6. The van der Waals surface area contributed by atoms with Crippen molar-refractivity contribution in [3.8, 4) is 11.5 Å². The lowest BCUT2D eigenvalue weighted by atomic mass is 10.1. The molecular formula is C21H24N2O5S. The van der Waals surface area contributed by atoms with E-state index < -0.39 is 10.0 Å². The van der Waals surface area contributed by atoms with Gasteiger partial charge >= 0.3 is 0 Å². The van der Waals surface area contributed by atoms with Crippen LogP contribution in [0.1, 0.15) is 25.3 Å². The van der Waals surface area contributed by atoms with Crippen LogP contribution in [-0.4, -0.2) is 34.6 Å². The number of rotatable bonds is 6. The fourth-order valence-corrected chi connectivity index (χ4v) is 4.85. The third-order valence-corrected chi connectivity index (χ3v) is 6.76. The van der Waals surface area contributed by atoms with E-state index in [0.29, 0.717) is 23.6 Å². The molecule has 1 heterocycles. The number of anilines is 2. The predicted octanol–water partition coefficient (Wildman–Crippen LogP) is 3.19. The molecule has 2 aliphatic rings. The molecule has 29 heavy (non-hydrogen) atoms. The van der Waals surface area contributed by atoms with Crippen LogP contribution in [0, 0.1) is 5.92 Å². The molecule has 4 rings (SSSR count). The molecule has 154 valence electrons. The van der Waals surface area contributed by atoms with Gasteiger partial charge in [-0.15, -0.1) is 0 Å². The molecular weight excluding hydrogens is 392 g/mol. The van der Waals surface area contributed by atoms with Gasteiger partial charge in [0.15, 0.2) is 0 Å². The van der Waals surface area contributed by atoms with E-state index in [1.807, 2.05) is 11.8 Å². The second kappa shape index (κ2) is 7.26.